The van der Waals surface area contributed by atoms with Gasteiger partial charge < -0.3 is 28.7 Å². The summed E-state index contributed by atoms with van der Waals surface area (Å²) in [5.41, 5.74) is 12.1. The molecule has 2 aliphatic rings. The molecule has 0 radical (unpaired) electrons. The lowest BCUT2D eigenvalue weighted by Gasteiger charge is -2.31. The van der Waals surface area contributed by atoms with Gasteiger partial charge in [0.1, 0.15) is 23.0 Å². The van der Waals surface area contributed by atoms with Gasteiger partial charge in [0.05, 0.1) is 31.0 Å². The number of benzene rings is 6. The van der Waals surface area contributed by atoms with E-state index in [1.165, 1.54) is 14.2 Å². The van der Waals surface area contributed by atoms with Crippen LogP contribution in [0.15, 0.2) is 118 Å². The SMILES string of the molecule is C.COC(=O)c1ccc(C2c3cc(Br)c(C)cc3Oc3cc(N(C)C)c(Br)cc32)cc1.COC(=O)c1ccc(C2c3ccc(C)cc3Oc3cc(N(C)C)ccc32)cc1. The van der Waals surface area contributed by atoms with Crippen LogP contribution in [0.25, 0.3) is 0 Å². The van der Waals surface area contributed by atoms with Crippen LogP contribution in [0.1, 0.15) is 84.5 Å². The molecule has 0 fully saturated rings. The van der Waals surface area contributed by atoms with Gasteiger partial charge in [0.15, 0.2) is 0 Å². The number of hydrogen-bond donors (Lipinski definition) is 0. The summed E-state index contributed by atoms with van der Waals surface area (Å²) in [5.74, 6) is 2.77. The zero-order valence-electron chi connectivity index (χ0n) is 33.6. The number of carbonyl (C=O) groups excluding carboxylic acids is 2. The van der Waals surface area contributed by atoms with Gasteiger partial charge in [0, 0.05) is 89.0 Å². The van der Waals surface area contributed by atoms with Gasteiger partial charge in [-0.3, -0.25) is 0 Å². The first-order valence-electron chi connectivity index (χ1n) is 18.7. The quantitative estimate of drug-likeness (QED) is 0.153. The maximum Gasteiger partial charge on any atom is 0.337 e. The first-order chi connectivity index (χ1) is 27.8. The van der Waals surface area contributed by atoms with Gasteiger partial charge in [0.25, 0.3) is 0 Å². The lowest BCUT2D eigenvalue weighted by atomic mass is 9.82. The summed E-state index contributed by atoms with van der Waals surface area (Å²) in [5, 5.41) is 0. The Morgan fingerprint density at radius 1 is 0.542 bits per heavy atom. The summed E-state index contributed by atoms with van der Waals surface area (Å²) in [4.78, 5) is 27.8. The normalized spacial score (nSPS) is 14.2. The second-order valence-corrected chi connectivity index (χ2v) is 16.5. The number of carbonyl (C=O) groups is 2. The minimum absolute atomic E-state index is 0. The average molecular weight is 921 g/mol. The first-order valence-corrected chi connectivity index (χ1v) is 20.3. The minimum atomic E-state index is -0.342. The van der Waals surface area contributed by atoms with Crippen LogP contribution in [-0.4, -0.2) is 54.3 Å². The van der Waals surface area contributed by atoms with Gasteiger partial charge in [-0.15, -0.1) is 0 Å². The Balaban J connectivity index is 0.000000195. The standard InChI is InChI=1S/C24H21Br2NO3.C24H23NO3.CH4/c1-13-9-21-16(10-18(13)25)23(14-5-7-15(8-6-14)24(28)29-4)17-11-19(26)20(27(2)3)12-22(17)30-21;1-15-5-11-19-21(13-15)28-22-14-18(25(2)3)10-12-20(22)23(19)16-6-8-17(9-7-16)24(26)27-4;/h5-12,23H,1-4H3;5-14,23H,1-4H3;1H4. The first kappa shape index (κ1) is 43.0. The molecule has 0 spiro atoms. The molecular weight excluding hydrogens is 872 g/mol. The van der Waals surface area contributed by atoms with E-state index < -0.39 is 0 Å². The molecule has 2 atom stereocenters. The topological polar surface area (TPSA) is 77.5 Å². The van der Waals surface area contributed by atoms with Gasteiger partial charge in [-0.2, -0.15) is 0 Å². The molecule has 6 aromatic carbocycles. The fraction of sp³-hybridized carbons (Fsp3) is 0.224. The summed E-state index contributed by atoms with van der Waals surface area (Å²) >= 11 is 7.38. The van der Waals surface area contributed by atoms with E-state index in [9.17, 15) is 9.59 Å². The predicted molar refractivity (Wildman–Crippen MR) is 244 cm³/mol. The minimum Gasteiger partial charge on any atom is -0.465 e. The van der Waals surface area contributed by atoms with Crippen molar-refractivity contribution in [3.63, 3.8) is 0 Å². The highest BCUT2D eigenvalue weighted by Gasteiger charge is 2.32. The molecule has 0 bridgehead atoms. The fourth-order valence-electron chi connectivity index (χ4n) is 7.44. The van der Waals surface area contributed by atoms with Crippen molar-refractivity contribution >= 4 is 55.2 Å². The van der Waals surface area contributed by atoms with Crippen molar-refractivity contribution in [2.24, 2.45) is 0 Å². The van der Waals surface area contributed by atoms with Crippen molar-refractivity contribution in [3.8, 4) is 23.0 Å². The number of aryl methyl sites for hydroxylation is 2. The summed E-state index contributed by atoms with van der Waals surface area (Å²) in [6.07, 6.45) is 0. The second-order valence-electron chi connectivity index (χ2n) is 14.8. The Bertz CT molecular complexity index is 2530. The molecular formula is C49H48Br2N2O6. The number of rotatable bonds is 6. The van der Waals surface area contributed by atoms with E-state index in [0.717, 1.165) is 87.8 Å². The molecule has 8 nitrogen and oxygen atoms in total. The van der Waals surface area contributed by atoms with Crippen molar-refractivity contribution in [3.05, 3.63) is 174 Å². The van der Waals surface area contributed by atoms with E-state index in [0.29, 0.717) is 11.1 Å². The monoisotopic (exact) mass is 918 g/mol. The van der Waals surface area contributed by atoms with Crippen molar-refractivity contribution < 1.29 is 28.5 Å². The summed E-state index contributed by atoms with van der Waals surface area (Å²) in [6.45, 7) is 4.12. The van der Waals surface area contributed by atoms with E-state index >= 15 is 0 Å². The van der Waals surface area contributed by atoms with Gasteiger partial charge in [-0.25, -0.2) is 9.59 Å². The van der Waals surface area contributed by atoms with Gasteiger partial charge >= 0.3 is 11.9 Å². The van der Waals surface area contributed by atoms with Crippen molar-refractivity contribution in [1.82, 2.24) is 0 Å². The molecule has 0 amide bonds. The Morgan fingerprint density at radius 3 is 1.51 bits per heavy atom. The molecule has 2 aliphatic heterocycles. The maximum atomic E-state index is 11.9. The molecule has 10 heteroatoms. The second kappa shape index (κ2) is 17.7. The molecule has 0 saturated carbocycles. The number of ether oxygens (including phenoxy) is 4. The van der Waals surface area contributed by atoms with Gasteiger partial charge in [-0.1, -0.05) is 65.8 Å². The molecule has 6 aromatic rings. The van der Waals surface area contributed by atoms with Crippen molar-refractivity contribution in [2.75, 3.05) is 52.2 Å². The van der Waals surface area contributed by atoms with Crippen LogP contribution in [0.5, 0.6) is 23.0 Å². The summed E-state index contributed by atoms with van der Waals surface area (Å²) < 4.78 is 24.3. The van der Waals surface area contributed by atoms with Crippen LogP contribution in [0, 0.1) is 13.8 Å². The third-order valence-corrected chi connectivity index (χ3v) is 12.0. The number of methoxy groups -OCH3 is 2. The maximum absolute atomic E-state index is 11.9. The molecule has 8 rings (SSSR count). The highest BCUT2D eigenvalue weighted by molar-refractivity contribution is 9.11. The summed E-state index contributed by atoms with van der Waals surface area (Å²) in [7, 11) is 10.8. The molecule has 304 valence electrons. The number of halogens is 2. The molecule has 0 aliphatic carbocycles. The van der Waals surface area contributed by atoms with Crippen LogP contribution in [0.4, 0.5) is 11.4 Å². The van der Waals surface area contributed by atoms with Crippen LogP contribution in [-0.2, 0) is 9.47 Å². The Kier molecular flexibility index (Phi) is 12.9. The zero-order chi connectivity index (χ0) is 41.4. The highest BCUT2D eigenvalue weighted by Crippen LogP contribution is 2.51. The predicted octanol–water partition coefficient (Wildman–Crippen LogP) is 12.4. The van der Waals surface area contributed by atoms with Crippen molar-refractivity contribution in [2.45, 2.75) is 33.1 Å². The van der Waals surface area contributed by atoms with Crippen LogP contribution in [0.3, 0.4) is 0 Å². The van der Waals surface area contributed by atoms with E-state index in [4.69, 9.17) is 18.9 Å². The third kappa shape index (κ3) is 8.61. The molecule has 0 aromatic heterocycles. The lowest BCUT2D eigenvalue weighted by molar-refractivity contribution is 0.0592. The van der Waals surface area contributed by atoms with Crippen LogP contribution in [0.2, 0.25) is 0 Å². The Labute approximate surface area is 363 Å². The van der Waals surface area contributed by atoms with E-state index in [2.05, 4.69) is 116 Å². The number of hydrogen-bond acceptors (Lipinski definition) is 8. The Morgan fingerprint density at radius 2 is 1.00 bits per heavy atom. The number of esters is 2. The van der Waals surface area contributed by atoms with Crippen LogP contribution < -0.4 is 19.3 Å². The zero-order valence-corrected chi connectivity index (χ0v) is 36.8. The summed E-state index contributed by atoms with van der Waals surface area (Å²) in [6, 6.07) is 36.2. The Hall–Kier alpha value is -5.58. The molecule has 0 N–H and O–H groups in total. The highest BCUT2D eigenvalue weighted by atomic mass is 79.9. The number of fused-ring (bicyclic) bond motifs is 4. The molecule has 2 unspecified atom stereocenters. The number of nitrogens with zero attached hydrogens (tertiary/aromatic N) is 2. The van der Waals surface area contributed by atoms with E-state index in [1.807, 2.05) is 76.7 Å². The smallest absolute Gasteiger partial charge is 0.337 e. The molecule has 0 saturated heterocycles. The molecule has 2 heterocycles. The molecule has 59 heavy (non-hydrogen) atoms. The van der Waals surface area contributed by atoms with Gasteiger partial charge in [0.2, 0.25) is 0 Å². The lowest BCUT2D eigenvalue weighted by Crippen LogP contribution is -2.15. The number of anilines is 2. The van der Waals surface area contributed by atoms with Crippen LogP contribution >= 0.6 is 31.9 Å². The van der Waals surface area contributed by atoms with Gasteiger partial charge in [-0.05, 0) is 107 Å². The fourth-order valence-corrected chi connectivity index (χ4v) is 8.52. The largest absolute Gasteiger partial charge is 0.465 e. The van der Waals surface area contributed by atoms with E-state index in [1.54, 1.807) is 0 Å². The third-order valence-electron chi connectivity index (χ3n) is 10.5. The van der Waals surface area contributed by atoms with Crippen molar-refractivity contribution in [1.29, 1.82) is 0 Å². The average Bonchev–Trinajstić information content (AvgIpc) is 3.22. The van der Waals surface area contributed by atoms with E-state index in [-0.39, 0.29) is 31.2 Å².